The molecule has 4 heteroatoms. The summed E-state index contributed by atoms with van der Waals surface area (Å²) in [5.74, 6) is 1.02. The van der Waals surface area contributed by atoms with E-state index >= 15 is 0 Å². The van der Waals surface area contributed by atoms with E-state index in [-0.39, 0.29) is 11.7 Å². The van der Waals surface area contributed by atoms with E-state index in [0.717, 1.165) is 24.4 Å². The van der Waals surface area contributed by atoms with Crippen LogP contribution in [-0.4, -0.2) is 34.9 Å². The summed E-state index contributed by atoms with van der Waals surface area (Å²) in [6.07, 6.45) is 1.21. The summed E-state index contributed by atoms with van der Waals surface area (Å²) in [6, 6.07) is 6.38. The first kappa shape index (κ1) is 13.4. The largest absolute Gasteiger partial charge is 0.341 e. The van der Waals surface area contributed by atoms with Crippen molar-refractivity contribution < 1.29 is 9.18 Å². The number of benzene rings is 1. The van der Waals surface area contributed by atoms with E-state index in [0.29, 0.717) is 18.1 Å². The third-order valence-corrected chi connectivity index (χ3v) is 4.27. The molecule has 18 heavy (non-hydrogen) atoms. The number of thioether (sulfide) groups is 1. The lowest BCUT2D eigenvalue weighted by Crippen LogP contribution is -2.41. The van der Waals surface area contributed by atoms with E-state index in [1.54, 1.807) is 12.1 Å². The van der Waals surface area contributed by atoms with Crippen molar-refractivity contribution in [2.45, 2.75) is 25.0 Å². The number of carbonyl (C=O) groups excluding carboxylic acids is 1. The van der Waals surface area contributed by atoms with Crippen molar-refractivity contribution in [1.29, 1.82) is 0 Å². The number of rotatable bonds is 3. The fourth-order valence-corrected chi connectivity index (χ4v) is 3.12. The standard InChI is InChI=1S/C14H18FNOS/c1-11-10-16(8-9-18-11)14(17)7-4-12-2-5-13(15)6-3-12/h2-3,5-6,11H,4,7-10H2,1H3/t11-/m0/s1. The summed E-state index contributed by atoms with van der Waals surface area (Å²) in [6.45, 7) is 3.87. The maximum absolute atomic E-state index is 12.7. The van der Waals surface area contributed by atoms with E-state index in [4.69, 9.17) is 0 Å². The molecule has 0 aromatic heterocycles. The molecular weight excluding hydrogens is 249 g/mol. The number of nitrogens with zero attached hydrogens (tertiary/aromatic N) is 1. The topological polar surface area (TPSA) is 20.3 Å². The second-order valence-electron chi connectivity index (χ2n) is 4.65. The minimum absolute atomic E-state index is 0.214. The van der Waals surface area contributed by atoms with Gasteiger partial charge >= 0.3 is 0 Å². The number of hydrogen-bond acceptors (Lipinski definition) is 2. The lowest BCUT2D eigenvalue weighted by Gasteiger charge is -2.30. The zero-order chi connectivity index (χ0) is 13.0. The van der Waals surface area contributed by atoms with Crippen molar-refractivity contribution in [2.24, 2.45) is 0 Å². The van der Waals surface area contributed by atoms with Gasteiger partial charge in [0.1, 0.15) is 5.82 Å². The molecular formula is C14H18FNOS. The Morgan fingerprint density at radius 2 is 2.17 bits per heavy atom. The van der Waals surface area contributed by atoms with E-state index in [1.165, 1.54) is 12.1 Å². The Balaban J connectivity index is 1.82. The van der Waals surface area contributed by atoms with Crippen LogP contribution < -0.4 is 0 Å². The highest BCUT2D eigenvalue weighted by molar-refractivity contribution is 7.99. The molecule has 1 aromatic rings. The summed E-state index contributed by atoms with van der Waals surface area (Å²) >= 11 is 1.92. The minimum Gasteiger partial charge on any atom is -0.341 e. The van der Waals surface area contributed by atoms with Gasteiger partial charge in [-0.2, -0.15) is 11.8 Å². The van der Waals surface area contributed by atoms with E-state index < -0.39 is 0 Å². The lowest BCUT2D eigenvalue weighted by atomic mass is 10.1. The molecule has 98 valence electrons. The van der Waals surface area contributed by atoms with Gasteiger partial charge in [0, 0.05) is 30.5 Å². The third-order valence-electron chi connectivity index (χ3n) is 3.13. The smallest absolute Gasteiger partial charge is 0.222 e. The first-order chi connectivity index (χ1) is 8.65. The van der Waals surface area contributed by atoms with Crippen molar-refractivity contribution in [3.63, 3.8) is 0 Å². The Labute approximate surface area is 112 Å². The first-order valence-electron chi connectivity index (χ1n) is 6.29. The van der Waals surface area contributed by atoms with Crippen LogP contribution in [0.3, 0.4) is 0 Å². The Morgan fingerprint density at radius 3 is 2.83 bits per heavy atom. The highest BCUT2D eigenvalue weighted by Gasteiger charge is 2.20. The molecule has 2 nitrogen and oxygen atoms in total. The molecule has 2 rings (SSSR count). The summed E-state index contributed by atoms with van der Waals surface area (Å²) < 4.78 is 12.7. The fourth-order valence-electron chi connectivity index (χ4n) is 2.11. The molecule has 1 heterocycles. The molecule has 0 spiro atoms. The number of carbonyl (C=O) groups is 1. The van der Waals surface area contributed by atoms with Crippen LogP contribution in [0, 0.1) is 5.82 Å². The van der Waals surface area contributed by atoms with Gasteiger partial charge in [0.05, 0.1) is 0 Å². The van der Waals surface area contributed by atoms with Gasteiger partial charge in [0.25, 0.3) is 0 Å². The molecule has 1 fully saturated rings. The normalized spacial score (nSPS) is 19.9. The van der Waals surface area contributed by atoms with Crippen LogP contribution in [0.1, 0.15) is 18.9 Å². The van der Waals surface area contributed by atoms with E-state index in [2.05, 4.69) is 6.92 Å². The van der Waals surface area contributed by atoms with Crippen molar-refractivity contribution in [2.75, 3.05) is 18.8 Å². The first-order valence-corrected chi connectivity index (χ1v) is 7.34. The number of aryl methyl sites for hydroxylation is 1. The lowest BCUT2D eigenvalue weighted by molar-refractivity contribution is -0.131. The zero-order valence-corrected chi connectivity index (χ0v) is 11.4. The molecule has 0 radical (unpaired) electrons. The van der Waals surface area contributed by atoms with Crippen LogP contribution in [0.15, 0.2) is 24.3 Å². The van der Waals surface area contributed by atoms with Gasteiger partial charge < -0.3 is 4.90 Å². The number of halogens is 1. The second-order valence-corrected chi connectivity index (χ2v) is 6.19. The molecule has 1 atom stereocenters. The highest BCUT2D eigenvalue weighted by atomic mass is 32.2. The average molecular weight is 267 g/mol. The molecule has 1 aromatic carbocycles. The van der Waals surface area contributed by atoms with Crippen molar-refractivity contribution in [3.05, 3.63) is 35.6 Å². The maximum Gasteiger partial charge on any atom is 0.222 e. The van der Waals surface area contributed by atoms with Crippen molar-refractivity contribution in [1.82, 2.24) is 4.90 Å². The van der Waals surface area contributed by atoms with Crippen molar-refractivity contribution in [3.8, 4) is 0 Å². The van der Waals surface area contributed by atoms with Crippen LogP contribution in [0.2, 0.25) is 0 Å². The van der Waals surface area contributed by atoms with Crippen LogP contribution in [-0.2, 0) is 11.2 Å². The molecule has 0 bridgehead atoms. The van der Waals surface area contributed by atoms with Gasteiger partial charge in [-0.1, -0.05) is 19.1 Å². The predicted octanol–water partition coefficient (Wildman–Crippen LogP) is 2.72. The molecule has 1 saturated heterocycles. The van der Waals surface area contributed by atoms with Crippen LogP contribution in [0.4, 0.5) is 4.39 Å². The molecule has 1 aliphatic rings. The third kappa shape index (κ3) is 3.73. The predicted molar refractivity (Wildman–Crippen MR) is 73.2 cm³/mol. The van der Waals surface area contributed by atoms with E-state index in [1.807, 2.05) is 16.7 Å². The monoisotopic (exact) mass is 267 g/mol. The SMILES string of the molecule is C[C@H]1CN(C(=O)CCc2ccc(F)cc2)CCS1. The van der Waals surface area contributed by atoms with Gasteiger partial charge in [-0.25, -0.2) is 4.39 Å². The molecule has 1 aliphatic heterocycles. The quantitative estimate of drug-likeness (QED) is 0.839. The van der Waals surface area contributed by atoms with Crippen LogP contribution in [0.5, 0.6) is 0 Å². The Bertz CT molecular complexity index is 407. The average Bonchev–Trinajstić information content (AvgIpc) is 2.38. The van der Waals surface area contributed by atoms with Gasteiger partial charge in [0.2, 0.25) is 5.91 Å². The van der Waals surface area contributed by atoms with Gasteiger partial charge in [-0.15, -0.1) is 0 Å². The summed E-state index contributed by atoms with van der Waals surface area (Å²) in [5, 5.41) is 0.536. The Morgan fingerprint density at radius 1 is 1.44 bits per heavy atom. The molecule has 0 unspecified atom stereocenters. The van der Waals surface area contributed by atoms with E-state index in [9.17, 15) is 9.18 Å². The fraction of sp³-hybridized carbons (Fsp3) is 0.500. The Hall–Kier alpha value is -1.03. The summed E-state index contributed by atoms with van der Waals surface area (Å²) in [5.41, 5.74) is 1.02. The molecule has 0 N–H and O–H groups in total. The summed E-state index contributed by atoms with van der Waals surface area (Å²) in [4.78, 5) is 14.0. The molecule has 0 aliphatic carbocycles. The Kier molecular flexibility index (Phi) is 4.64. The van der Waals surface area contributed by atoms with Gasteiger partial charge in [-0.05, 0) is 24.1 Å². The number of amides is 1. The van der Waals surface area contributed by atoms with Gasteiger partial charge in [0.15, 0.2) is 0 Å². The zero-order valence-electron chi connectivity index (χ0n) is 10.6. The van der Waals surface area contributed by atoms with Crippen molar-refractivity contribution >= 4 is 17.7 Å². The molecule has 0 saturated carbocycles. The van der Waals surface area contributed by atoms with Crippen LogP contribution >= 0.6 is 11.8 Å². The van der Waals surface area contributed by atoms with Crippen LogP contribution in [0.25, 0.3) is 0 Å². The summed E-state index contributed by atoms with van der Waals surface area (Å²) in [7, 11) is 0. The minimum atomic E-state index is -0.230. The van der Waals surface area contributed by atoms with Gasteiger partial charge in [-0.3, -0.25) is 4.79 Å². The molecule has 1 amide bonds. The maximum atomic E-state index is 12.7. The number of hydrogen-bond donors (Lipinski definition) is 0. The second kappa shape index (κ2) is 6.23. The highest BCUT2D eigenvalue weighted by Crippen LogP contribution is 2.18.